The number of fused-ring (bicyclic) bond motifs is 1. The minimum absolute atomic E-state index is 0.699. The van der Waals surface area contributed by atoms with E-state index in [2.05, 4.69) is 58.7 Å². The van der Waals surface area contributed by atoms with E-state index in [4.69, 9.17) is 4.74 Å². The topological polar surface area (TPSA) is 24.5 Å². The van der Waals surface area contributed by atoms with Crippen LogP contribution in [0.3, 0.4) is 0 Å². The van der Waals surface area contributed by atoms with Gasteiger partial charge in [0.2, 0.25) is 0 Å². The normalized spacial score (nSPS) is 18.9. The monoisotopic (exact) mass is 350 g/mol. The van der Waals surface area contributed by atoms with Gasteiger partial charge in [-0.05, 0) is 80.1 Å². The molecule has 0 bridgehead atoms. The van der Waals surface area contributed by atoms with E-state index in [1.165, 1.54) is 42.4 Å². The van der Waals surface area contributed by atoms with E-state index >= 15 is 0 Å². The van der Waals surface area contributed by atoms with Crippen LogP contribution >= 0.6 is 0 Å². The van der Waals surface area contributed by atoms with Gasteiger partial charge in [-0.3, -0.25) is 4.90 Å². The standard InChI is InChI=1S/C23H30N2O/c1-2-5-19(6-3-1)16-25-14-4-7-21-8-9-23(15-22(21)17-25)26-18-20-10-12-24-13-11-20/h1-3,5-6,8-9,15,20,24H,4,7,10-14,16-18H2. The Morgan fingerprint density at radius 3 is 2.69 bits per heavy atom. The number of nitrogens with one attached hydrogen (secondary N) is 1. The highest BCUT2D eigenvalue weighted by molar-refractivity contribution is 5.36. The molecule has 0 atom stereocenters. The average molecular weight is 351 g/mol. The summed E-state index contributed by atoms with van der Waals surface area (Å²) in [5.41, 5.74) is 4.34. The van der Waals surface area contributed by atoms with Crippen LogP contribution in [0.15, 0.2) is 48.5 Å². The molecule has 0 radical (unpaired) electrons. The molecular weight excluding hydrogens is 320 g/mol. The molecule has 0 unspecified atom stereocenters. The maximum atomic E-state index is 6.16. The van der Waals surface area contributed by atoms with Crippen molar-refractivity contribution in [2.75, 3.05) is 26.2 Å². The molecule has 2 aromatic rings. The quantitative estimate of drug-likeness (QED) is 0.882. The van der Waals surface area contributed by atoms with Crippen LogP contribution in [0.4, 0.5) is 0 Å². The van der Waals surface area contributed by atoms with Gasteiger partial charge in [0.15, 0.2) is 0 Å². The Bertz CT molecular complexity index is 695. The van der Waals surface area contributed by atoms with Crippen molar-refractivity contribution in [3.63, 3.8) is 0 Å². The van der Waals surface area contributed by atoms with Crippen LogP contribution in [0.25, 0.3) is 0 Å². The first-order valence-corrected chi connectivity index (χ1v) is 10.1. The Morgan fingerprint density at radius 1 is 1.00 bits per heavy atom. The average Bonchev–Trinajstić information content (AvgIpc) is 2.89. The van der Waals surface area contributed by atoms with E-state index in [-0.39, 0.29) is 0 Å². The largest absolute Gasteiger partial charge is 0.493 e. The molecule has 2 aliphatic heterocycles. The summed E-state index contributed by atoms with van der Waals surface area (Å²) in [6.45, 7) is 6.33. The fourth-order valence-corrected chi connectivity index (χ4v) is 4.14. The van der Waals surface area contributed by atoms with Crippen LogP contribution in [0.5, 0.6) is 5.75 Å². The lowest BCUT2D eigenvalue weighted by molar-refractivity contribution is 0.214. The van der Waals surface area contributed by atoms with Crippen LogP contribution in [-0.2, 0) is 19.5 Å². The minimum Gasteiger partial charge on any atom is -0.493 e. The zero-order valence-corrected chi connectivity index (χ0v) is 15.6. The number of hydrogen-bond acceptors (Lipinski definition) is 3. The Morgan fingerprint density at radius 2 is 1.85 bits per heavy atom. The number of rotatable bonds is 5. The third-order valence-corrected chi connectivity index (χ3v) is 5.69. The molecule has 1 fully saturated rings. The van der Waals surface area contributed by atoms with Crippen molar-refractivity contribution in [2.24, 2.45) is 5.92 Å². The van der Waals surface area contributed by atoms with E-state index in [9.17, 15) is 0 Å². The molecule has 3 nitrogen and oxygen atoms in total. The fraction of sp³-hybridized carbons (Fsp3) is 0.478. The third kappa shape index (κ3) is 4.66. The number of benzene rings is 2. The number of aryl methyl sites for hydroxylation is 1. The summed E-state index contributed by atoms with van der Waals surface area (Å²) >= 11 is 0. The van der Waals surface area contributed by atoms with E-state index < -0.39 is 0 Å². The molecule has 0 aromatic heterocycles. The second-order valence-electron chi connectivity index (χ2n) is 7.73. The third-order valence-electron chi connectivity index (χ3n) is 5.69. The number of hydrogen-bond donors (Lipinski definition) is 1. The van der Waals surface area contributed by atoms with E-state index in [1.54, 1.807) is 0 Å². The van der Waals surface area contributed by atoms with Crippen LogP contribution in [0, 0.1) is 5.92 Å². The van der Waals surface area contributed by atoms with Crippen molar-refractivity contribution in [1.82, 2.24) is 10.2 Å². The van der Waals surface area contributed by atoms with E-state index in [0.29, 0.717) is 5.92 Å². The van der Waals surface area contributed by atoms with Crippen LogP contribution in [0.2, 0.25) is 0 Å². The molecule has 2 aliphatic rings. The lowest BCUT2D eigenvalue weighted by Gasteiger charge is -2.23. The molecular formula is C23H30N2O. The summed E-state index contributed by atoms with van der Waals surface area (Å²) in [6, 6.07) is 17.6. The van der Waals surface area contributed by atoms with Gasteiger partial charge < -0.3 is 10.1 Å². The molecule has 3 heteroatoms. The van der Waals surface area contributed by atoms with Crippen LogP contribution < -0.4 is 10.1 Å². The molecule has 138 valence electrons. The number of nitrogens with zero attached hydrogens (tertiary/aromatic N) is 1. The SMILES string of the molecule is c1ccc(CN2CCCc3ccc(OCC4CCNCC4)cc3C2)cc1. The maximum Gasteiger partial charge on any atom is 0.119 e. The molecule has 1 saturated heterocycles. The molecule has 4 rings (SSSR count). The fourth-order valence-electron chi connectivity index (χ4n) is 4.14. The summed E-state index contributed by atoms with van der Waals surface area (Å²) < 4.78 is 6.16. The summed E-state index contributed by atoms with van der Waals surface area (Å²) in [5.74, 6) is 1.74. The first-order chi connectivity index (χ1) is 12.9. The zero-order chi connectivity index (χ0) is 17.6. The zero-order valence-electron chi connectivity index (χ0n) is 15.6. The predicted molar refractivity (Wildman–Crippen MR) is 106 cm³/mol. The van der Waals surface area contributed by atoms with Gasteiger partial charge in [0, 0.05) is 13.1 Å². The summed E-state index contributed by atoms with van der Waals surface area (Å²) in [4.78, 5) is 2.57. The first-order valence-electron chi connectivity index (χ1n) is 10.1. The van der Waals surface area contributed by atoms with Crippen LogP contribution in [-0.4, -0.2) is 31.1 Å². The summed E-state index contributed by atoms with van der Waals surface area (Å²) in [5, 5.41) is 3.42. The molecule has 2 heterocycles. The van der Waals surface area contributed by atoms with Gasteiger partial charge in [0.25, 0.3) is 0 Å². The van der Waals surface area contributed by atoms with Crippen molar-refractivity contribution >= 4 is 0 Å². The Kier molecular flexibility index (Phi) is 5.88. The van der Waals surface area contributed by atoms with E-state index in [1.807, 2.05) is 0 Å². The Hall–Kier alpha value is -1.84. The van der Waals surface area contributed by atoms with Crippen molar-refractivity contribution in [1.29, 1.82) is 0 Å². The van der Waals surface area contributed by atoms with Crippen molar-refractivity contribution in [3.8, 4) is 5.75 Å². The lowest BCUT2D eigenvalue weighted by atomic mass is 9.99. The van der Waals surface area contributed by atoms with Gasteiger partial charge in [0.1, 0.15) is 5.75 Å². The molecule has 0 saturated carbocycles. The minimum atomic E-state index is 0.699. The molecule has 0 aliphatic carbocycles. The van der Waals surface area contributed by atoms with Gasteiger partial charge >= 0.3 is 0 Å². The van der Waals surface area contributed by atoms with Gasteiger partial charge in [0.05, 0.1) is 6.61 Å². The second kappa shape index (κ2) is 8.70. The highest BCUT2D eigenvalue weighted by atomic mass is 16.5. The van der Waals surface area contributed by atoms with E-state index in [0.717, 1.165) is 45.1 Å². The Labute approximate surface area is 157 Å². The molecule has 26 heavy (non-hydrogen) atoms. The second-order valence-corrected chi connectivity index (χ2v) is 7.73. The van der Waals surface area contributed by atoms with Gasteiger partial charge in [-0.2, -0.15) is 0 Å². The summed E-state index contributed by atoms with van der Waals surface area (Å²) in [6.07, 6.45) is 4.87. The smallest absolute Gasteiger partial charge is 0.119 e. The molecule has 0 amide bonds. The molecule has 0 spiro atoms. The number of piperidine rings is 1. The van der Waals surface area contributed by atoms with Crippen molar-refractivity contribution in [3.05, 3.63) is 65.2 Å². The van der Waals surface area contributed by atoms with Crippen molar-refractivity contribution < 1.29 is 4.74 Å². The molecule has 1 N–H and O–H groups in total. The van der Waals surface area contributed by atoms with Gasteiger partial charge in [-0.25, -0.2) is 0 Å². The van der Waals surface area contributed by atoms with Crippen molar-refractivity contribution in [2.45, 2.75) is 38.8 Å². The van der Waals surface area contributed by atoms with Gasteiger partial charge in [-0.1, -0.05) is 36.4 Å². The van der Waals surface area contributed by atoms with Crippen LogP contribution in [0.1, 0.15) is 36.0 Å². The predicted octanol–water partition coefficient (Wildman–Crippen LogP) is 4.01. The lowest BCUT2D eigenvalue weighted by Crippen LogP contribution is -2.30. The molecule has 2 aromatic carbocycles. The van der Waals surface area contributed by atoms with Gasteiger partial charge in [-0.15, -0.1) is 0 Å². The maximum absolute atomic E-state index is 6.16. The first kappa shape index (κ1) is 17.6. The number of ether oxygens (including phenoxy) is 1. The Balaban J connectivity index is 1.40. The highest BCUT2D eigenvalue weighted by Crippen LogP contribution is 2.25. The summed E-state index contributed by atoms with van der Waals surface area (Å²) in [7, 11) is 0. The highest BCUT2D eigenvalue weighted by Gasteiger charge is 2.17.